The molecule has 1 N–H and O–H groups in total. The summed E-state index contributed by atoms with van der Waals surface area (Å²) < 4.78 is 0. The first-order valence-electron chi connectivity index (χ1n) is 8.33. The van der Waals surface area contributed by atoms with Crippen LogP contribution in [0.15, 0.2) is 48.5 Å². The lowest BCUT2D eigenvalue weighted by Crippen LogP contribution is -2.28. The number of rotatable bonds is 4. The lowest BCUT2D eigenvalue weighted by molar-refractivity contribution is -0.122. The molecule has 0 bridgehead atoms. The van der Waals surface area contributed by atoms with Crippen LogP contribution in [0.25, 0.3) is 0 Å². The maximum Gasteiger partial charge on any atom is 0.229 e. The van der Waals surface area contributed by atoms with Crippen LogP contribution in [0, 0.1) is 12.8 Å². The molecule has 0 radical (unpaired) electrons. The zero-order valence-corrected chi connectivity index (χ0v) is 14.1. The van der Waals surface area contributed by atoms with Crippen molar-refractivity contribution in [3.8, 4) is 0 Å². The molecule has 1 saturated heterocycles. The van der Waals surface area contributed by atoms with Crippen molar-refractivity contribution in [1.82, 2.24) is 0 Å². The number of aryl methyl sites for hydroxylation is 2. The Morgan fingerprint density at radius 1 is 1.21 bits per heavy atom. The minimum absolute atomic E-state index is 0.00677. The third kappa shape index (κ3) is 3.48. The number of benzene rings is 2. The highest BCUT2D eigenvalue weighted by Crippen LogP contribution is 2.27. The van der Waals surface area contributed by atoms with Gasteiger partial charge >= 0.3 is 0 Å². The molecule has 3 rings (SSSR count). The first-order chi connectivity index (χ1) is 11.6. The molecular weight excluding hydrogens is 300 g/mol. The average molecular weight is 322 g/mol. The summed E-state index contributed by atoms with van der Waals surface area (Å²) in [5, 5.41) is 2.91. The van der Waals surface area contributed by atoms with E-state index in [4.69, 9.17) is 0 Å². The first-order valence-corrected chi connectivity index (χ1v) is 8.33. The molecular formula is C20H22N2O2. The molecule has 0 spiro atoms. The fourth-order valence-electron chi connectivity index (χ4n) is 2.96. The van der Waals surface area contributed by atoms with Crippen molar-refractivity contribution in [2.45, 2.75) is 26.7 Å². The molecule has 0 saturated carbocycles. The van der Waals surface area contributed by atoms with Gasteiger partial charge in [0.2, 0.25) is 11.8 Å². The molecule has 1 aliphatic rings. The van der Waals surface area contributed by atoms with Crippen LogP contribution >= 0.6 is 0 Å². The van der Waals surface area contributed by atoms with E-state index in [0.717, 1.165) is 23.4 Å². The van der Waals surface area contributed by atoms with Crippen molar-refractivity contribution >= 4 is 23.2 Å². The second-order valence-electron chi connectivity index (χ2n) is 6.28. The molecule has 2 aromatic rings. The number of carbonyl (C=O) groups excluding carboxylic acids is 2. The number of amides is 2. The molecule has 0 aromatic heterocycles. The Balaban J connectivity index is 1.69. The van der Waals surface area contributed by atoms with Crippen molar-refractivity contribution in [3.05, 3.63) is 59.7 Å². The quantitative estimate of drug-likeness (QED) is 0.936. The Kier molecular flexibility index (Phi) is 4.65. The van der Waals surface area contributed by atoms with Crippen LogP contribution in [0.1, 0.15) is 24.5 Å². The van der Waals surface area contributed by atoms with Gasteiger partial charge in [0.15, 0.2) is 0 Å². The van der Waals surface area contributed by atoms with E-state index >= 15 is 0 Å². The van der Waals surface area contributed by atoms with Crippen molar-refractivity contribution in [2.24, 2.45) is 5.92 Å². The van der Waals surface area contributed by atoms with Gasteiger partial charge in [-0.3, -0.25) is 9.59 Å². The number of anilines is 2. The van der Waals surface area contributed by atoms with E-state index in [1.807, 2.05) is 55.5 Å². The summed E-state index contributed by atoms with van der Waals surface area (Å²) in [6.07, 6.45) is 1.18. The largest absolute Gasteiger partial charge is 0.326 e. The maximum absolute atomic E-state index is 12.5. The summed E-state index contributed by atoms with van der Waals surface area (Å²) >= 11 is 0. The van der Waals surface area contributed by atoms with Crippen molar-refractivity contribution in [1.29, 1.82) is 0 Å². The molecule has 2 amide bonds. The lowest BCUT2D eigenvalue weighted by atomic mass is 10.1. The molecule has 24 heavy (non-hydrogen) atoms. The molecule has 1 fully saturated rings. The number of carbonyl (C=O) groups is 2. The van der Waals surface area contributed by atoms with E-state index in [2.05, 4.69) is 12.2 Å². The SMILES string of the molecule is CCc1cccc(N2C[C@H](C(=O)Nc3ccc(C)cc3)CC2=O)c1. The van der Waals surface area contributed by atoms with Gasteiger partial charge in [0.05, 0.1) is 5.92 Å². The molecule has 4 heteroatoms. The number of hydrogen-bond donors (Lipinski definition) is 1. The molecule has 0 unspecified atom stereocenters. The lowest BCUT2D eigenvalue weighted by Gasteiger charge is -2.17. The Bertz CT molecular complexity index is 752. The fourth-order valence-corrected chi connectivity index (χ4v) is 2.96. The number of nitrogens with zero attached hydrogens (tertiary/aromatic N) is 1. The first kappa shape index (κ1) is 16.2. The monoisotopic (exact) mass is 322 g/mol. The highest BCUT2D eigenvalue weighted by molar-refractivity contribution is 6.03. The average Bonchev–Trinajstić information content (AvgIpc) is 2.99. The molecule has 1 atom stereocenters. The zero-order valence-electron chi connectivity index (χ0n) is 14.1. The Hall–Kier alpha value is -2.62. The van der Waals surface area contributed by atoms with E-state index in [-0.39, 0.29) is 24.2 Å². The van der Waals surface area contributed by atoms with Crippen molar-refractivity contribution in [3.63, 3.8) is 0 Å². The van der Waals surface area contributed by atoms with Gasteiger partial charge in [0.1, 0.15) is 0 Å². The van der Waals surface area contributed by atoms with Crippen LogP contribution in [-0.2, 0) is 16.0 Å². The van der Waals surface area contributed by atoms with E-state index in [1.54, 1.807) is 4.90 Å². The van der Waals surface area contributed by atoms with Crippen LogP contribution in [-0.4, -0.2) is 18.4 Å². The Labute approximate surface area is 142 Å². The van der Waals surface area contributed by atoms with E-state index in [0.29, 0.717) is 6.54 Å². The summed E-state index contributed by atoms with van der Waals surface area (Å²) in [5.41, 5.74) is 3.98. The van der Waals surface area contributed by atoms with Crippen LogP contribution in [0.4, 0.5) is 11.4 Å². The third-order valence-corrected chi connectivity index (χ3v) is 4.45. The van der Waals surface area contributed by atoms with Crippen LogP contribution in [0.3, 0.4) is 0 Å². The summed E-state index contributed by atoms with van der Waals surface area (Å²) in [6.45, 7) is 4.52. The van der Waals surface area contributed by atoms with Crippen LogP contribution < -0.4 is 10.2 Å². The molecule has 1 heterocycles. The predicted molar refractivity (Wildman–Crippen MR) is 96.1 cm³/mol. The third-order valence-electron chi connectivity index (χ3n) is 4.45. The zero-order chi connectivity index (χ0) is 17.1. The maximum atomic E-state index is 12.5. The van der Waals surface area contributed by atoms with Gasteiger partial charge in [0.25, 0.3) is 0 Å². The summed E-state index contributed by atoms with van der Waals surface area (Å²) in [7, 11) is 0. The minimum Gasteiger partial charge on any atom is -0.326 e. The van der Waals surface area contributed by atoms with Gasteiger partial charge in [0, 0.05) is 24.3 Å². The van der Waals surface area contributed by atoms with E-state index in [1.165, 1.54) is 5.56 Å². The normalized spacial score (nSPS) is 17.2. The topological polar surface area (TPSA) is 49.4 Å². The highest BCUT2D eigenvalue weighted by atomic mass is 16.2. The smallest absolute Gasteiger partial charge is 0.229 e. The van der Waals surface area contributed by atoms with Crippen LogP contribution in [0.2, 0.25) is 0 Å². The summed E-state index contributed by atoms with van der Waals surface area (Å²) in [5.74, 6) is -0.405. The van der Waals surface area contributed by atoms with Gasteiger partial charge in [-0.1, -0.05) is 36.8 Å². The number of hydrogen-bond acceptors (Lipinski definition) is 2. The van der Waals surface area contributed by atoms with Gasteiger partial charge in [-0.25, -0.2) is 0 Å². The second kappa shape index (κ2) is 6.87. The van der Waals surface area contributed by atoms with Gasteiger partial charge < -0.3 is 10.2 Å². The number of nitrogens with one attached hydrogen (secondary N) is 1. The molecule has 1 aliphatic heterocycles. The summed E-state index contributed by atoms with van der Waals surface area (Å²) in [4.78, 5) is 26.5. The van der Waals surface area contributed by atoms with E-state index in [9.17, 15) is 9.59 Å². The van der Waals surface area contributed by atoms with E-state index < -0.39 is 0 Å². The van der Waals surface area contributed by atoms with Crippen molar-refractivity contribution in [2.75, 3.05) is 16.8 Å². The molecule has 0 aliphatic carbocycles. The van der Waals surface area contributed by atoms with Gasteiger partial charge in [-0.05, 0) is 43.2 Å². The fraction of sp³-hybridized carbons (Fsp3) is 0.300. The highest BCUT2D eigenvalue weighted by Gasteiger charge is 2.35. The molecule has 2 aromatic carbocycles. The van der Waals surface area contributed by atoms with Gasteiger partial charge in [-0.15, -0.1) is 0 Å². The van der Waals surface area contributed by atoms with Gasteiger partial charge in [-0.2, -0.15) is 0 Å². The second-order valence-corrected chi connectivity index (χ2v) is 6.28. The predicted octanol–water partition coefficient (Wildman–Crippen LogP) is 3.55. The Morgan fingerprint density at radius 3 is 2.67 bits per heavy atom. The Morgan fingerprint density at radius 2 is 1.96 bits per heavy atom. The van der Waals surface area contributed by atoms with Crippen LogP contribution in [0.5, 0.6) is 0 Å². The molecule has 4 nitrogen and oxygen atoms in total. The summed E-state index contributed by atoms with van der Waals surface area (Å²) in [6, 6.07) is 15.6. The minimum atomic E-state index is -0.316. The van der Waals surface area contributed by atoms with Crippen molar-refractivity contribution < 1.29 is 9.59 Å². The standard InChI is InChI=1S/C20H22N2O2/c1-3-15-5-4-6-18(11-15)22-13-16(12-19(22)23)20(24)21-17-9-7-14(2)8-10-17/h4-11,16H,3,12-13H2,1-2H3,(H,21,24)/t16-/m1/s1. The molecule has 124 valence electrons.